The predicted molar refractivity (Wildman–Crippen MR) is 139 cm³/mol. The molecule has 2 aliphatic carbocycles. The summed E-state index contributed by atoms with van der Waals surface area (Å²) >= 11 is 0. The number of rotatable bonds is 14. The molecule has 2 N–H and O–H groups in total. The number of nitrogens with zero attached hydrogens (tertiary/aromatic N) is 1. The summed E-state index contributed by atoms with van der Waals surface area (Å²) in [6.45, 7) is 10.3. The topological polar surface area (TPSA) is 43.7 Å². The van der Waals surface area contributed by atoms with E-state index in [0.717, 1.165) is 18.4 Å². The molecule has 0 amide bonds. The largest absolute Gasteiger partial charge is 0.392 e. The van der Waals surface area contributed by atoms with Crippen LogP contribution in [0, 0.1) is 24.7 Å². The normalized spacial score (nSPS) is 25.7. The molecule has 184 valence electrons. The first kappa shape index (κ1) is 26.2. The maximum atomic E-state index is 10.6. The average Bonchev–Trinajstić information content (AvgIpc) is 3.28. The summed E-state index contributed by atoms with van der Waals surface area (Å²) in [6, 6.07) is 8.34. The number of hydrogen-bond acceptors (Lipinski definition) is 3. The van der Waals surface area contributed by atoms with Gasteiger partial charge in [0.2, 0.25) is 0 Å². The Morgan fingerprint density at radius 3 is 2.61 bits per heavy atom. The molecule has 0 unspecified atom stereocenters. The number of unbranched alkanes of at least 4 members (excludes halogenated alkanes) is 2. The van der Waals surface area contributed by atoms with Crippen molar-refractivity contribution in [3.63, 3.8) is 0 Å². The van der Waals surface area contributed by atoms with E-state index in [1.165, 1.54) is 63.7 Å². The summed E-state index contributed by atoms with van der Waals surface area (Å²) in [6.07, 6.45) is 16.0. The highest BCUT2D eigenvalue weighted by atomic mass is 16.3. The molecule has 0 radical (unpaired) electrons. The molecule has 1 aromatic rings. The van der Waals surface area contributed by atoms with Crippen LogP contribution in [0.15, 0.2) is 48.1 Å². The summed E-state index contributed by atoms with van der Waals surface area (Å²) in [5, 5.41) is 21.2. The standard InChI is InChI=1S/C30H47NO2/c1-4-15-31(16-5-2)17-8-6-7-11-25-19-26-22-30(33)28(29(26)21-25)14-13-27(32)20-24-12-9-10-23(3)18-24/h9-10,12-14,18-19,26-30,32-33H,4-8,11,15-17,20-22H2,1-3H3/t26-,27-,28+,29-,30+/m0/s1. The van der Waals surface area contributed by atoms with E-state index in [1.54, 1.807) is 5.57 Å². The summed E-state index contributed by atoms with van der Waals surface area (Å²) in [4.78, 5) is 2.62. The van der Waals surface area contributed by atoms with Gasteiger partial charge in [-0.25, -0.2) is 0 Å². The van der Waals surface area contributed by atoms with Gasteiger partial charge in [0.05, 0.1) is 12.2 Å². The number of aliphatic hydroxyl groups excluding tert-OH is 2. The van der Waals surface area contributed by atoms with Crippen LogP contribution in [0.25, 0.3) is 0 Å². The molecule has 0 aromatic heterocycles. The fourth-order valence-electron chi connectivity index (χ4n) is 6.03. The third kappa shape index (κ3) is 8.09. The molecule has 0 aliphatic heterocycles. The third-order valence-electron chi connectivity index (χ3n) is 7.58. The molecule has 33 heavy (non-hydrogen) atoms. The van der Waals surface area contributed by atoms with Crippen LogP contribution in [0.1, 0.15) is 76.3 Å². The summed E-state index contributed by atoms with van der Waals surface area (Å²) < 4.78 is 0. The maximum Gasteiger partial charge on any atom is 0.0761 e. The number of allylic oxidation sites excluding steroid dienone is 2. The van der Waals surface area contributed by atoms with Gasteiger partial charge in [0.15, 0.2) is 0 Å². The van der Waals surface area contributed by atoms with Crippen molar-refractivity contribution in [3.05, 3.63) is 59.2 Å². The van der Waals surface area contributed by atoms with Gasteiger partial charge in [-0.3, -0.25) is 0 Å². The molecule has 2 aliphatic rings. The van der Waals surface area contributed by atoms with Gasteiger partial charge in [0.1, 0.15) is 0 Å². The molecule has 3 nitrogen and oxygen atoms in total. The van der Waals surface area contributed by atoms with Crippen LogP contribution >= 0.6 is 0 Å². The second kappa shape index (κ2) is 13.5. The Hall–Kier alpha value is -1.42. The van der Waals surface area contributed by atoms with Crippen LogP contribution in [-0.2, 0) is 6.42 Å². The molecule has 0 heterocycles. The van der Waals surface area contributed by atoms with Gasteiger partial charge in [0, 0.05) is 12.3 Å². The molecular formula is C30H47NO2. The quantitative estimate of drug-likeness (QED) is 0.265. The first-order valence-electron chi connectivity index (χ1n) is 13.5. The Labute approximate surface area is 202 Å². The van der Waals surface area contributed by atoms with Crippen LogP contribution < -0.4 is 0 Å². The first-order chi connectivity index (χ1) is 16.0. The first-order valence-corrected chi connectivity index (χ1v) is 13.5. The lowest BCUT2D eigenvalue weighted by Gasteiger charge is -2.20. The lowest BCUT2D eigenvalue weighted by molar-refractivity contribution is 0.140. The number of aryl methyl sites for hydroxylation is 1. The molecule has 3 rings (SSSR count). The van der Waals surface area contributed by atoms with Crippen molar-refractivity contribution in [1.82, 2.24) is 4.90 Å². The van der Waals surface area contributed by atoms with Gasteiger partial charge in [-0.1, -0.05) is 73.9 Å². The van der Waals surface area contributed by atoms with E-state index >= 15 is 0 Å². The average molecular weight is 454 g/mol. The fraction of sp³-hybridized carbons (Fsp3) is 0.667. The second-order valence-electron chi connectivity index (χ2n) is 10.5. The van der Waals surface area contributed by atoms with Gasteiger partial charge in [0.25, 0.3) is 0 Å². The molecule has 0 saturated heterocycles. The van der Waals surface area contributed by atoms with Crippen LogP contribution in [0.5, 0.6) is 0 Å². The zero-order chi connectivity index (χ0) is 23.6. The number of hydrogen-bond donors (Lipinski definition) is 2. The third-order valence-corrected chi connectivity index (χ3v) is 7.58. The predicted octanol–water partition coefficient (Wildman–Crippen LogP) is 6.08. The highest BCUT2D eigenvalue weighted by molar-refractivity contribution is 5.24. The van der Waals surface area contributed by atoms with E-state index < -0.39 is 6.10 Å². The number of benzene rings is 1. The van der Waals surface area contributed by atoms with Crippen molar-refractivity contribution < 1.29 is 10.2 Å². The minimum Gasteiger partial charge on any atom is -0.392 e. The lowest BCUT2D eigenvalue weighted by atomic mass is 9.88. The van der Waals surface area contributed by atoms with Crippen LogP contribution in [-0.4, -0.2) is 47.0 Å². The summed E-state index contributed by atoms with van der Waals surface area (Å²) in [5.74, 6) is 1.21. The minimum atomic E-state index is -0.494. The summed E-state index contributed by atoms with van der Waals surface area (Å²) in [7, 11) is 0. The zero-order valence-corrected chi connectivity index (χ0v) is 21.3. The maximum absolute atomic E-state index is 10.6. The molecule has 1 aromatic carbocycles. The minimum absolute atomic E-state index is 0.174. The van der Waals surface area contributed by atoms with Crippen molar-refractivity contribution in [1.29, 1.82) is 0 Å². The van der Waals surface area contributed by atoms with Crippen molar-refractivity contribution in [2.45, 2.75) is 90.8 Å². The van der Waals surface area contributed by atoms with E-state index in [1.807, 2.05) is 12.1 Å². The van der Waals surface area contributed by atoms with E-state index in [4.69, 9.17) is 0 Å². The van der Waals surface area contributed by atoms with Crippen molar-refractivity contribution in [2.24, 2.45) is 17.8 Å². The van der Waals surface area contributed by atoms with E-state index in [2.05, 4.69) is 56.0 Å². The zero-order valence-electron chi connectivity index (χ0n) is 21.3. The number of fused-ring (bicyclic) bond motifs is 1. The second-order valence-corrected chi connectivity index (χ2v) is 10.5. The smallest absolute Gasteiger partial charge is 0.0761 e. The monoisotopic (exact) mass is 453 g/mol. The molecule has 5 atom stereocenters. The molecule has 0 bridgehead atoms. The Kier molecular flexibility index (Phi) is 10.7. The molecule has 1 saturated carbocycles. The van der Waals surface area contributed by atoms with Crippen LogP contribution in [0.4, 0.5) is 0 Å². The van der Waals surface area contributed by atoms with Gasteiger partial charge in [-0.05, 0) is 88.9 Å². The van der Waals surface area contributed by atoms with E-state index in [9.17, 15) is 10.2 Å². The molecular weight excluding hydrogens is 406 g/mol. The van der Waals surface area contributed by atoms with E-state index in [-0.39, 0.29) is 12.0 Å². The highest BCUT2D eigenvalue weighted by Gasteiger charge is 2.43. The Balaban J connectivity index is 1.41. The SMILES string of the molecule is CCCN(CCC)CCCCCC1=C[C@H]2C[C@@H](O)[C@H](C=C[C@H](O)Cc3cccc(C)c3)[C@H]2C1. The Bertz CT molecular complexity index is 764. The van der Waals surface area contributed by atoms with E-state index in [0.29, 0.717) is 18.3 Å². The van der Waals surface area contributed by atoms with Gasteiger partial charge in [-0.15, -0.1) is 0 Å². The van der Waals surface area contributed by atoms with Gasteiger partial charge < -0.3 is 15.1 Å². The fourth-order valence-corrected chi connectivity index (χ4v) is 6.03. The molecule has 1 fully saturated rings. The lowest BCUT2D eigenvalue weighted by Crippen LogP contribution is -2.26. The van der Waals surface area contributed by atoms with Crippen LogP contribution in [0.2, 0.25) is 0 Å². The van der Waals surface area contributed by atoms with Crippen molar-refractivity contribution in [3.8, 4) is 0 Å². The Morgan fingerprint density at radius 1 is 1.09 bits per heavy atom. The molecule has 3 heteroatoms. The highest BCUT2D eigenvalue weighted by Crippen LogP contribution is 2.48. The summed E-state index contributed by atoms with van der Waals surface area (Å²) in [5.41, 5.74) is 3.99. The number of aliphatic hydroxyl groups is 2. The van der Waals surface area contributed by atoms with Gasteiger partial charge >= 0.3 is 0 Å². The van der Waals surface area contributed by atoms with Crippen LogP contribution in [0.3, 0.4) is 0 Å². The Morgan fingerprint density at radius 2 is 1.88 bits per heavy atom. The van der Waals surface area contributed by atoms with Gasteiger partial charge in [-0.2, -0.15) is 0 Å². The molecule has 0 spiro atoms. The van der Waals surface area contributed by atoms with Crippen molar-refractivity contribution in [2.75, 3.05) is 19.6 Å². The van der Waals surface area contributed by atoms with Crippen molar-refractivity contribution >= 4 is 0 Å².